The Balaban J connectivity index is 2.36. The third kappa shape index (κ3) is 2.02. The minimum Gasteiger partial charge on any atom is -0.122 e. The largest absolute Gasteiger partial charge is 0.122 e. The predicted octanol–water partition coefficient (Wildman–Crippen LogP) is 4.95. The molecule has 0 aliphatic carbocycles. The SMILES string of the molecule is CC[C@H](C)C1c2ccccc2SC1C(C)C. The summed E-state index contributed by atoms with van der Waals surface area (Å²) in [6.45, 7) is 9.44. The van der Waals surface area contributed by atoms with E-state index in [-0.39, 0.29) is 0 Å². The molecule has 1 heteroatoms. The van der Waals surface area contributed by atoms with Gasteiger partial charge in [-0.05, 0) is 23.5 Å². The van der Waals surface area contributed by atoms with E-state index in [1.807, 2.05) is 0 Å². The molecule has 16 heavy (non-hydrogen) atoms. The molecule has 0 aromatic heterocycles. The Hall–Kier alpha value is -0.430. The first kappa shape index (κ1) is 12.0. The Bertz CT molecular complexity index is 356. The van der Waals surface area contributed by atoms with Gasteiger partial charge in [-0.3, -0.25) is 0 Å². The van der Waals surface area contributed by atoms with Gasteiger partial charge in [0.25, 0.3) is 0 Å². The van der Waals surface area contributed by atoms with Gasteiger partial charge in [-0.15, -0.1) is 11.8 Å². The van der Waals surface area contributed by atoms with Gasteiger partial charge in [0.2, 0.25) is 0 Å². The lowest BCUT2D eigenvalue weighted by Gasteiger charge is -2.27. The molecule has 1 aromatic rings. The highest BCUT2D eigenvalue weighted by Gasteiger charge is 2.37. The van der Waals surface area contributed by atoms with Crippen LogP contribution in [0.4, 0.5) is 0 Å². The van der Waals surface area contributed by atoms with E-state index >= 15 is 0 Å². The quantitative estimate of drug-likeness (QED) is 0.713. The minimum atomic E-state index is 0.756. The summed E-state index contributed by atoms with van der Waals surface area (Å²) in [6, 6.07) is 8.99. The van der Waals surface area contributed by atoms with Crippen molar-refractivity contribution in [1.29, 1.82) is 0 Å². The fraction of sp³-hybridized carbons (Fsp3) is 0.600. The fourth-order valence-electron chi connectivity index (χ4n) is 2.70. The van der Waals surface area contributed by atoms with Gasteiger partial charge in [0.1, 0.15) is 0 Å². The van der Waals surface area contributed by atoms with Gasteiger partial charge < -0.3 is 0 Å². The molecule has 1 heterocycles. The van der Waals surface area contributed by atoms with Crippen LogP contribution in [0.3, 0.4) is 0 Å². The maximum atomic E-state index is 2.41. The van der Waals surface area contributed by atoms with Gasteiger partial charge in [0.05, 0.1) is 0 Å². The summed E-state index contributed by atoms with van der Waals surface area (Å²) in [5.74, 6) is 2.31. The second-order valence-corrected chi connectivity index (χ2v) is 6.50. The third-order valence-electron chi connectivity index (χ3n) is 3.81. The van der Waals surface area contributed by atoms with Crippen LogP contribution in [0.1, 0.15) is 45.6 Å². The molecule has 0 N–H and O–H groups in total. The Labute approximate surface area is 104 Å². The normalized spacial score (nSPS) is 25.8. The number of hydrogen-bond acceptors (Lipinski definition) is 1. The molecule has 1 aliphatic heterocycles. The molecule has 2 rings (SSSR count). The van der Waals surface area contributed by atoms with Crippen molar-refractivity contribution in [3.63, 3.8) is 0 Å². The summed E-state index contributed by atoms with van der Waals surface area (Å²) in [5.41, 5.74) is 1.60. The number of fused-ring (bicyclic) bond motifs is 1. The molecule has 1 aliphatic rings. The second-order valence-electron chi connectivity index (χ2n) is 5.28. The summed E-state index contributed by atoms with van der Waals surface area (Å²) in [5, 5.41) is 0.771. The number of thioether (sulfide) groups is 1. The Morgan fingerprint density at radius 1 is 1.19 bits per heavy atom. The van der Waals surface area contributed by atoms with Crippen molar-refractivity contribution in [2.75, 3.05) is 0 Å². The first-order valence-electron chi connectivity index (χ1n) is 6.40. The van der Waals surface area contributed by atoms with Crippen LogP contribution in [0.2, 0.25) is 0 Å². The van der Waals surface area contributed by atoms with Gasteiger partial charge >= 0.3 is 0 Å². The molecule has 2 unspecified atom stereocenters. The van der Waals surface area contributed by atoms with E-state index in [0.29, 0.717) is 0 Å². The standard InChI is InChI=1S/C15H22S/c1-5-11(4)14-12-8-6-7-9-13(12)16-15(14)10(2)3/h6-11,14-15H,5H2,1-4H3/t11-,14?,15?/m0/s1. The molecule has 0 amide bonds. The van der Waals surface area contributed by atoms with Crippen LogP contribution >= 0.6 is 11.8 Å². The summed E-state index contributed by atoms with van der Waals surface area (Å²) in [4.78, 5) is 1.52. The Morgan fingerprint density at radius 3 is 2.50 bits per heavy atom. The Kier molecular flexibility index (Phi) is 3.63. The van der Waals surface area contributed by atoms with E-state index < -0.39 is 0 Å². The van der Waals surface area contributed by atoms with Crippen LogP contribution in [-0.4, -0.2) is 5.25 Å². The van der Waals surface area contributed by atoms with Crippen LogP contribution < -0.4 is 0 Å². The molecule has 0 spiro atoms. The average Bonchev–Trinajstić information content (AvgIpc) is 2.67. The van der Waals surface area contributed by atoms with E-state index in [1.54, 1.807) is 5.56 Å². The molecular weight excluding hydrogens is 212 g/mol. The first-order chi connectivity index (χ1) is 7.65. The van der Waals surface area contributed by atoms with Crippen LogP contribution in [0, 0.1) is 11.8 Å². The zero-order valence-electron chi connectivity index (χ0n) is 10.7. The monoisotopic (exact) mass is 234 g/mol. The van der Waals surface area contributed by atoms with Crippen molar-refractivity contribution < 1.29 is 0 Å². The van der Waals surface area contributed by atoms with Crippen molar-refractivity contribution in [1.82, 2.24) is 0 Å². The van der Waals surface area contributed by atoms with Crippen LogP contribution in [0.15, 0.2) is 29.2 Å². The van der Waals surface area contributed by atoms with E-state index in [1.165, 1.54) is 11.3 Å². The van der Waals surface area contributed by atoms with E-state index in [2.05, 4.69) is 63.7 Å². The summed E-state index contributed by atoms with van der Waals surface area (Å²) < 4.78 is 0. The predicted molar refractivity (Wildman–Crippen MR) is 73.1 cm³/mol. The lowest BCUT2D eigenvalue weighted by atomic mass is 9.80. The van der Waals surface area contributed by atoms with Crippen molar-refractivity contribution in [2.45, 2.75) is 50.2 Å². The highest BCUT2D eigenvalue weighted by Crippen LogP contribution is 2.51. The topological polar surface area (TPSA) is 0 Å². The third-order valence-corrected chi connectivity index (χ3v) is 5.54. The van der Waals surface area contributed by atoms with Crippen LogP contribution in [-0.2, 0) is 0 Å². The summed E-state index contributed by atoms with van der Waals surface area (Å²) >= 11 is 2.10. The molecule has 1 aromatic carbocycles. The van der Waals surface area contributed by atoms with Gasteiger partial charge in [0, 0.05) is 16.1 Å². The number of rotatable bonds is 3. The highest BCUT2D eigenvalue weighted by atomic mass is 32.2. The maximum absolute atomic E-state index is 2.41. The number of hydrogen-bond donors (Lipinski definition) is 0. The van der Waals surface area contributed by atoms with Gasteiger partial charge in [-0.1, -0.05) is 52.3 Å². The highest BCUT2D eigenvalue weighted by molar-refractivity contribution is 8.00. The molecule has 0 saturated heterocycles. The lowest BCUT2D eigenvalue weighted by molar-refractivity contribution is 0.393. The second kappa shape index (κ2) is 4.83. The van der Waals surface area contributed by atoms with Crippen molar-refractivity contribution >= 4 is 11.8 Å². The van der Waals surface area contributed by atoms with Gasteiger partial charge in [-0.2, -0.15) is 0 Å². The van der Waals surface area contributed by atoms with Crippen molar-refractivity contribution in [3.05, 3.63) is 29.8 Å². The molecule has 88 valence electrons. The summed E-state index contributed by atoms with van der Waals surface area (Å²) in [6.07, 6.45) is 1.28. The molecule has 0 fully saturated rings. The van der Waals surface area contributed by atoms with Crippen molar-refractivity contribution in [2.24, 2.45) is 11.8 Å². The zero-order chi connectivity index (χ0) is 11.7. The van der Waals surface area contributed by atoms with E-state index in [9.17, 15) is 0 Å². The first-order valence-corrected chi connectivity index (χ1v) is 7.28. The Morgan fingerprint density at radius 2 is 1.88 bits per heavy atom. The molecular formula is C15H22S. The smallest absolute Gasteiger partial charge is 0.0189 e. The van der Waals surface area contributed by atoms with Gasteiger partial charge in [0.15, 0.2) is 0 Å². The lowest BCUT2D eigenvalue weighted by Crippen LogP contribution is -2.22. The maximum Gasteiger partial charge on any atom is 0.0189 e. The average molecular weight is 234 g/mol. The van der Waals surface area contributed by atoms with E-state index in [4.69, 9.17) is 0 Å². The van der Waals surface area contributed by atoms with Crippen LogP contribution in [0.25, 0.3) is 0 Å². The molecule has 0 nitrogen and oxygen atoms in total. The zero-order valence-corrected chi connectivity index (χ0v) is 11.6. The molecule has 0 bridgehead atoms. The summed E-state index contributed by atoms with van der Waals surface area (Å²) in [7, 11) is 0. The van der Waals surface area contributed by atoms with E-state index in [0.717, 1.165) is 23.0 Å². The van der Waals surface area contributed by atoms with Gasteiger partial charge in [-0.25, -0.2) is 0 Å². The van der Waals surface area contributed by atoms with Crippen LogP contribution in [0.5, 0.6) is 0 Å². The van der Waals surface area contributed by atoms with Crippen molar-refractivity contribution in [3.8, 4) is 0 Å². The molecule has 0 saturated carbocycles. The number of benzene rings is 1. The molecule has 3 atom stereocenters. The fourth-order valence-corrected chi connectivity index (χ4v) is 4.32. The minimum absolute atomic E-state index is 0.756. The molecule has 0 radical (unpaired) electrons.